The van der Waals surface area contributed by atoms with Crippen LogP contribution in [-0.4, -0.2) is 21.9 Å². The number of carboxylic acids is 1. The van der Waals surface area contributed by atoms with Gasteiger partial charge in [-0.2, -0.15) is 0 Å². The van der Waals surface area contributed by atoms with E-state index in [2.05, 4.69) is 5.32 Å². The van der Waals surface area contributed by atoms with Crippen molar-refractivity contribution >= 4 is 33.9 Å². The zero-order chi connectivity index (χ0) is 18.1. The number of hydrogen-bond donors (Lipinski definition) is 2. The van der Waals surface area contributed by atoms with Gasteiger partial charge in [-0.1, -0.05) is 0 Å². The third-order valence-corrected chi connectivity index (χ3v) is 5.61. The van der Waals surface area contributed by atoms with Gasteiger partial charge in [0.25, 0.3) is 11.6 Å². The molecule has 0 bridgehead atoms. The molecule has 0 spiro atoms. The minimum Gasteiger partial charge on any atom is -0.478 e. The van der Waals surface area contributed by atoms with Crippen LogP contribution < -0.4 is 5.32 Å². The number of hydrogen-bond acceptors (Lipinski definition) is 5. The Morgan fingerprint density at radius 1 is 1.20 bits per heavy atom. The Morgan fingerprint density at radius 2 is 1.88 bits per heavy atom. The molecule has 0 aliphatic heterocycles. The Morgan fingerprint density at radius 3 is 2.52 bits per heavy atom. The van der Waals surface area contributed by atoms with Crippen molar-refractivity contribution in [2.45, 2.75) is 32.6 Å². The van der Waals surface area contributed by atoms with Crippen molar-refractivity contribution in [1.29, 1.82) is 0 Å². The monoisotopic (exact) mass is 360 g/mol. The van der Waals surface area contributed by atoms with Crippen molar-refractivity contribution in [3.63, 3.8) is 0 Å². The molecule has 1 aliphatic carbocycles. The molecule has 7 nitrogen and oxygen atoms in total. The first-order chi connectivity index (χ1) is 11.9. The predicted molar refractivity (Wildman–Crippen MR) is 93.7 cm³/mol. The van der Waals surface area contributed by atoms with Crippen LogP contribution in [0.1, 0.15) is 49.6 Å². The van der Waals surface area contributed by atoms with Crippen LogP contribution in [0.2, 0.25) is 0 Å². The quantitative estimate of drug-likeness (QED) is 0.637. The second kappa shape index (κ2) is 6.64. The summed E-state index contributed by atoms with van der Waals surface area (Å²) in [7, 11) is 0. The summed E-state index contributed by atoms with van der Waals surface area (Å²) in [5.74, 6) is -1.87. The number of aromatic carboxylic acids is 1. The normalized spacial score (nSPS) is 13.2. The molecule has 0 unspecified atom stereocenters. The first-order valence-electron chi connectivity index (χ1n) is 7.82. The third-order valence-electron chi connectivity index (χ3n) is 4.30. The molecule has 130 valence electrons. The van der Waals surface area contributed by atoms with E-state index in [1.807, 2.05) is 6.92 Å². The summed E-state index contributed by atoms with van der Waals surface area (Å²) in [6.07, 6.45) is 4.25. The van der Waals surface area contributed by atoms with Gasteiger partial charge in [-0.05, 0) is 49.8 Å². The summed E-state index contributed by atoms with van der Waals surface area (Å²) in [6, 6.07) is 3.17. The van der Waals surface area contributed by atoms with Crippen LogP contribution in [0.3, 0.4) is 0 Å². The van der Waals surface area contributed by atoms with Gasteiger partial charge in [0.1, 0.15) is 0 Å². The Balaban J connectivity index is 1.92. The number of nitrogens with one attached hydrogen (secondary N) is 1. The SMILES string of the molecule is Cc1c(NC(=O)c2cc(C(=O)O)cc([N+](=O)[O-])c2)sc2c1CCCC2. The molecule has 8 heteroatoms. The number of aryl methyl sites for hydroxylation is 1. The number of non-ortho nitro benzene ring substituents is 1. The van der Waals surface area contributed by atoms with Crippen LogP contribution in [0, 0.1) is 17.0 Å². The molecular formula is C17H16N2O5S. The lowest BCUT2D eigenvalue weighted by atomic mass is 9.96. The van der Waals surface area contributed by atoms with Gasteiger partial charge in [-0.3, -0.25) is 14.9 Å². The average Bonchev–Trinajstić information content (AvgIpc) is 2.90. The van der Waals surface area contributed by atoms with E-state index in [4.69, 9.17) is 5.11 Å². The molecule has 2 aromatic rings. The van der Waals surface area contributed by atoms with Crippen molar-refractivity contribution in [2.24, 2.45) is 0 Å². The molecule has 2 N–H and O–H groups in total. The summed E-state index contributed by atoms with van der Waals surface area (Å²) < 4.78 is 0. The van der Waals surface area contributed by atoms with Crippen molar-refractivity contribution < 1.29 is 19.6 Å². The highest BCUT2D eigenvalue weighted by Crippen LogP contribution is 2.37. The number of fused-ring (bicyclic) bond motifs is 1. The van der Waals surface area contributed by atoms with E-state index in [1.54, 1.807) is 0 Å². The minimum atomic E-state index is -1.32. The molecule has 25 heavy (non-hydrogen) atoms. The van der Waals surface area contributed by atoms with Crippen molar-refractivity contribution in [3.8, 4) is 0 Å². The lowest BCUT2D eigenvalue weighted by Crippen LogP contribution is -2.13. The lowest BCUT2D eigenvalue weighted by molar-refractivity contribution is -0.384. The summed E-state index contributed by atoms with van der Waals surface area (Å²) >= 11 is 1.52. The maximum atomic E-state index is 12.5. The number of nitro groups is 1. The van der Waals surface area contributed by atoms with Gasteiger partial charge >= 0.3 is 5.97 Å². The Hall–Kier alpha value is -2.74. The molecule has 3 rings (SSSR count). The highest BCUT2D eigenvalue weighted by atomic mass is 32.1. The fraction of sp³-hybridized carbons (Fsp3) is 0.294. The second-order valence-corrected chi connectivity index (χ2v) is 7.06. The first kappa shape index (κ1) is 17.1. The molecular weight excluding hydrogens is 344 g/mol. The largest absolute Gasteiger partial charge is 0.478 e. The predicted octanol–water partition coefficient (Wildman–Crippen LogP) is 3.79. The highest BCUT2D eigenvalue weighted by Gasteiger charge is 2.21. The number of thiophene rings is 1. The van der Waals surface area contributed by atoms with Gasteiger partial charge in [0.15, 0.2) is 0 Å². The Bertz CT molecular complexity index is 855. The number of anilines is 1. The summed E-state index contributed by atoms with van der Waals surface area (Å²) in [5, 5.41) is 23.6. The maximum absolute atomic E-state index is 12.5. The van der Waals surface area contributed by atoms with Gasteiger partial charge in [-0.25, -0.2) is 4.79 Å². The van der Waals surface area contributed by atoms with Crippen molar-refractivity contribution in [1.82, 2.24) is 0 Å². The van der Waals surface area contributed by atoms with Crippen LogP contribution in [0.15, 0.2) is 18.2 Å². The summed E-state index contributed by atoms with van der Waals surface area (Å²) in [6.45, 7) is 1.95. The molecule has 1 aromatic heterocycles. The van der Waals surface area contributed by atoms with Crippen LogP contribution in [-0.2, 0) is 12.8 Å². The van der Waals surface area contributed by atoms with E-state index in [0.717, 1.165) is 54.4 Å². The maximum Gasteiger partial charge on any atom is 0.335 e. The van der Waals surface area contributed by atoms with Crippen LogP contribution in [0.25, 0.3) is 0 Å². The molecule has 1 aliphatic rings. The fourth-order valence-corrected chi connectivity index (χ4v) is 4.28. The highest BCUT2D eigenvalue weighted by molar-refractivity contribution is 7.16. The minimum absolute atomic E-state index is 0.0441. The Labute approximate surface area is 147 Å². The molecule has 0 fully saturated rings. The van der Waals surface area contributed by atoms with Crippen molar-refractivity contribution in [3.05, 3.63) is 55.4 Å². The topological polar surface area (TPSA) is 110 Å². The molecule has 0 radical (unpaired) electrons. The van der Waals surface area contributed by atoms with Gasteiger partial charge < -0.3 is 10.4 Å². The number of rotatable bonds is 4. The summed E-state index contributed by atoms with van der Waals surface area (Å²) in [5.41, 5.74) is 1.54. The number of benzene rings is 1. The molecule has 0 saturated heterocycles. The van der Waals surface area contributed by atoms with Crippen LogP contribution >= 0.6 is 11.3 Å². The summed E-state index contributed by atoms with van der Waals surface area (Å²) in [4.78, 5) is 35.2. The smallest absolute Gasteiger partial charge is 0.335 e. The number of nitro benzene ring substituents is 1. The third kappa shape index (κ3) is 3.39. The van der Waals surface area contributed by atoms with E-state index >= 15 is 0 Å². The standard InChI is InChI=1S/C17H16N2O5S/c1-9-13-4-2-3-5-14(13)25-16(9)18-15(20)10-6-11(17(21)22)8-12(7-10)19(23)24/h6-8H,2-5H2,1H3,(H,18,20)(H,21,22). The zero-order valence-corrected chi connectivity index (χ0v) is 14.3. The number of nitrogens with zero attached hydrogens (tertiary/aromatic N) is 1. The molecule has 0 saturated carbocycles. The zero-order valence-electron chi connectivity index (χ0n) is 13.5. The van der Waals surface area contributed by atoms with Gasteiger partial charge in [0.05, 0.1) is 15.5 Å². The van der Waals surface area contributed by atoms with E-state index in [1.165, 1.54) is 21.8 Å². The molecule has 1 amide bonds. The fourth-order valence-electron chi connectivity index (χ4n) is 2.99. The van der Waals surface area contributed by atoms with Crippen LogP contribution in [0.5, 0.6) is 0 Å². The lowest BCUT2D eigenvalue weighted by Gasteiger charge is -2.10. The van der Waals surface area contributed by atoms with E-state index in [9.17, 15) is 19.7 Å². The molecule has 1 heterocycles. The van der Waals surface area contributed by atoms with E-state index in [-0.39, 0.29) is 11.1 Å². The second-order valence-electron chi connectivity index (χ2n) is 5.95. The van der Waals surface area contributed by atoms with E-state index in [0.29, 0.717) is 0 Å². The van der Waals surface area contributed by atoms with Gasteiger partial charge in [0, 0.05) is 22.6 Å². The van der Waals surface area contributed by atoms with Gasteiger partial charge in [0.2, 0.25) is 0 Å². The average molecular weight is 360 g/mol. The number of amides is 1. The molecule has 1 aromatic carbocycles. The van der Waals surface area contributed by atoms with Crippen LogP contribution in [0.4, 0.5) is 10.7 Å². The number of carboxylic acid groups (broad SMARTS) is 1. The number of carbonyl (C=O) groups is 2. The first-order valence-corrected chi connectivity index (χ1v) is 8.63. The number of carbonyl (C=O) groups excluding carboxylic acids is 1. The molecule has 0 atom stereocenters. The van der Waals surface area contributed by atoms with Crippen molar-refractivity contribution in [2.75, 3.05) is 5.32 Å². The van der Waals surface area contributed by atoms with E-state index < -0.39 is 22.5 Å². The van der Waals surface area contributed by atoms with Gasteiger partial charge in [-0.15, -0.1) is 11.3 Å². The Kier molecular flexibility index (Phi) is 4.54.